The summed E-state index contributed by atoms with van der Waals surface area (Å²) in [6, 6.07) is 7.21. The number of para-hydroxylation sites is 1. The van der Waals surface area contributed by atoms with Gasteiger partial charge in [0.1, 0.15) is 36.0 Å². The third-order valence-corrected chi connectivity index (χ3v) is 6.93. The van der Waals surface area contributed by atoms with Gasteiger partial charge in [0.25, 0.3) is 0 Å². The van der Waals surface area contributed by atoms with Gasteiger partial charge in [0.15, 0.2) is 18.1 Å². The minimum absolute atomic E-state index is 0.190. The number of nitrogens with one attached hydrogen (secondary N) is 1. The van der Waals surface area contributed by atoms with Crippen LogP contribution >= 0.6 is 7.75 Å². The third-order valence-electron chi connectivity index (χ3n) is 5.28. The Kier molecular flexibility index (Phi) is 7.83. The Balaban J connectivity index is 1.46. The molecule has 5 atom stereocenters. The number of fused-ring (bicyclic) bond motifs is 1. The van der Waals surface area contributed by atoms with E-state index in [9.17, 15) is 14.5 Å². The third kappa shape index (κ3) is 5.81. The molecule has 1 fully saturated rings. The van der Waals surface area contributed by atoms with Gasteiger partial charge in [-0.15, -0.1) is 6.42 Å². The summed E-state index contributed by atoms with van der Waals surface area (Å²) in [6.07, 6.45) is 5.63. The zero-order valence-corrected chi connectivity index (χ0v) is 20.2. The summed E-state index contributed by atoms with van der Waals surface area (Å²) in [5.41, 5.74) is 6.69. The molecule has 3 heterocycles. The van der Waals surface area contributed by atoms with Crippen LogP contribution in [0, 0.1) is 12.3 Å². The maximum Gasteiger partial charge on any atom is 0.459 e. The summed E-state index contributed by atoms with van der Waals surface area (Å²) in [7, 11) is -4.14. The molecule has 2 aromatic heterocycles. The lowest BCUT2D eigenvalue weighted by Gasteiger charge is -2.24. The number of aliphatic hydroxyl groups is 1. The first-order valence-electron chi connectivity index (χ1n) is 10.9. The highest BCUT2D eigenvalue weighted by molar-refractivity contribution is 7.52. The SMILES string of the molecule is C#CCOC(=O)[C@H](C)N[P@](=O)(OC[C@H]1O[C@@H](n2cnc3c(N)ncnc32)C[C@@H]1O)Oc1ccccc1. The van der Waals surface area contributed by atoms with Crippen LogP contribution in [0.5, 0.6) is 5.75 Å². The molecule has 1 saturated heterocycles. The van der Waals surface area contributed by atoms with Crippen LogP contribution in [0.25, 0.3) is 11.2 Å². The molecule has 36 heavy (non-hydrogen) atoms. The smallest absolute Gasteiger partial charge is 0.451 e. The summed E-state index contributed by atoms with van der Waals surface area (Å²) >= 11 is 0. The molecule has 1 aromatic carbocycles. The minimum Gasteiger partial charge on any atom is -0.451 e. The van der Waals surface area contributed by atoms with Crippen molar-refractivity contribution in [1.82, 2.24) is 24.6 Å². The van der Waals surface area contributed by atoms with Crippen molar-refractivity contribution in [1.29, 1.82) is 0 Å². The average molecular weight is 516 g/mol. The van der Waals surface area contributed by atoms with Gasteiger partial charge in [-0.05, 0) is 19.1 Å². The van der Waals surface area contributed by atoms with E-state index < -0.39 is 38.2 Å². The zero-order chi connectivity index (χ0) is 25.7. The van der Waals surface area contributed by atoms with E-state index in [4.69, 9.17) is 30.7 Å². The number of terminal acetylenes is 1. The Morgan fingerprint density at radius 2 is 2.17 bits per heavy atom. The molecular weight excluding hydrogens is 491 g/mol. The van der Waals surface area contributed by atoms with Crippen LogP contribution in [0.4, 0.5) is 5.82 Å². The van der Waals surface area contributed by atoms with Gasteiger partial charge < -0.3 is 24.8 Å². The molecule has 13 nitrogen and oxygen atoms in total. The van der Waals surface area contributed by atoms with E-state index in [0.717, 1.165) is 0 Å². The fraction of sp³-hybridized carbons (Fsp3) is 0.364. The quantitative estimate of drug-likeness (QED) is 0.201. The van der Waals surface area contributed by atoms with E-state index in [0.29, 0.717) is 11.2 Å². The molecule has 14 heteroatoms. The van der Waals surface area contributed by atoms with Gasteiger partial charge in [-0.3, -0.25) is 13.9 Å². The Morgan fingerprint density at radius 3 is 2.92 bits per heavy atom. The number of benzene rings is 1. The van der Waals surface area contributed by atoms with Crippen molar-refractivity contribution in [3.63, 3.8) is 0 Å². The molecule has 0 radical (unpaired) electrons. The van der Waals surface area contributed by atoms with Crippen LogP contribution in [0.15, 0.2) is 43.0 Å². The Morgan fingerprint density at radius 1 is 1.39 bits per heavy atom. The molecule has 0 amide bonds. The van der Waals surface area contributed by atoms with Gasteiger partial charge in [-0.1, -0.05) is 24.1 Å². The molecule has 190 valence electrons. The molecular formula is C22H25N6O7P. The van der Waals surface area contributed by atoms with Gasteiger partial charge >= 0.3 is 13.7 Å². The predicted octanol–water partition coefficient (Wildman–Crippen LogP) is 1.42. The first-order valence-corrected chi connectivity index (χ1v) is 12.5. The molecule has 0 spiro atoms. The zero-order valence-electron chi connectivity index (χ0n) is 19.3. The number of anilines is 1. The van der Waals surface area contributed by atoms with Gasteiger partial charge in [-0.25, -0.2) is 19.5 Å². The highest BCUT2D eigenvalue weighted by atomic mass is 31.2. The van der Waals surface area contributed by atoms with Crippen LogP contribution in [0.2, 0.25) is 0 Å². The molecule has 1 aliphatic heterocycles. The number of esters is 1. The molecule has 3 aromatic rings. The number of ether oxygens (including phenoxy) is 2. The molecule has 0 unspecified atom stereocenters. The number of carbonyl (C=O) groups is 1. The Hall–Kier alpha value is -3.53. The van der Waals surface area contributed by atoms with E-state index in [-0.39, 0.29) is 31.2 Å². The largest absolute Gasteiger partial charge is 0.459 e. The van der Waals surface area contributed by atoms with Crippen molar-refractivity contribution < 1.29 is 33.0 Å². The Labute approximate surface area is 206 Å². The summed E-state index contributed by atoms with van der Waals surface area (Å²) in [4.78, 5) is 24.4. The second-order valence-electron chi connectivity index (χ2n) is 7.88. The number of nitrogens with zero attached hydrogens (tertiary/aromatic N) is 4. The van der Waals surface area contributed by atoms with E-state index in [1.54, 1.807) is 34.9 Å². The summed E-state index contributed by atoms with van der Waals surface area (Å²) in [5, 5.41) is 13.1. The molecule has 1 aliphatic rings. The number of carbonyl (C=O) groups excluding carboxylic acids is 1. The average Bonchev–Trinajstić information content (AvgIpc) is 3.46. The number of aliphatic hydroxyl groups excluding tert-OH is 1. The summed E-state index contributed by atoms with van der Waals surface area (Å²) in [6.45, 7) is 0.876. The standard InChI is InChI=1S/C22H25N6O7P/c1-3-9-32-22(30)14(2)27-36(31,35-15-7-5-4-6-8-15)33-11-17-16(29)10-18(34-17)28-13-26-19-20(23)24-12-25-21(19)28/h1,4-8,12-14,16-18,29H,9-11H2,2H3,(H,27,31)(H2,23,24,25)/t14-,16-,17+,18+,36-/m0/s1. The maximum absolute atomic E-state index is 13.6. The van der Waals surface area contributed by atoms with Gasteiger partial charge in [0, 0.05) is 6.42 Å². The van der Waals surface area contributed by atoms with Crippen molar-refractivity contribution >= 4 is 30.7 Å². The van der Waals surface area contributed by atoms with E-state index >= 15 is 0 Å². The fourth-order valence-corrected chi connectivity index (χ4v) is 5.03. The van der Waals surface area contributed by atoms with Crippen LogP contribution < -0.4 is 15.3 Å². The first-order chi connectivity index (χ1) is 17.3. The van der Waals surface area contributed by atoms with Crippen LogP contribution in [-0.2, 0) is 23.4 Å². The summed E-state index contributed by atoms with van der Waals surface area (Å²) < 4.78 is 37.2. The second kappa shape index (κ2) is 11.0. The van der Waals surface area contributed by atoms with Crippen LogP contribution in [0.1, 0.15) is 19.6 Å². The lowest BCUT2D eigenvalue weighted by molar-refractivity contribution is -0.143. The van der Waals surface area contributed by atoms with Crippen molar-refractivity contribution in [2.45, 2.75) is 37.8 Å². The molecule has 0 bridgehead atoms. The topological polar surface area (TPSA) is 173 Å². The number of rotatable bonds is 10. The van der Waals surface area contributed by atoms with Gasteiger partial charge in [-0.2, -0.15) is 5.09 Å². The normalized spacial score (nSPS) is 22.0. The Bertz CT molecular complexity index is 1300. The van der Waals surface area contributed by atoms with Crippen molar-refractivity contribution in [3.8, 4) is 18.1 Å². The van der Waals surface area contributed by atoms with Gasteiger partial charge in [0.05, 0.1) is 19.0 Å². The lowest BCUT2D eigenvalue weighted by Crippen LogP contribution is -2.36. The maximum atomic E-state index is 13.6. The predicted molar refractivity (Wildman–Crippen MR) is 127 cm³/mol. The number of imidazole rings is 1. The lowest BCUT2D eigenvalue weighted by atomic mass is 10.2. The van der Waals surface area contributed by atoms with Crippen molar-refractivity contribution in [2.24, 2.45) is 0 Å². The highest BCUT2D eigenvalue weighted by Crippen LogP contribution is 2.46. The highest BCUT2D eigenvalue weighted by Gasteiger charge is 2.39. The first kappa shape index (κ1) is 25.6. The molecule has 0 aliphatic carbocycles. The van der Waals surface area contributed by atoms with Crippen LogP contribution in [-0.4, -0.2) is 62.1 Å². The number of hydrogen-bond acceptors (Lipinski definition) is 11. The van der Waals surface area contributed by atoms with E-state index in [1.165, 1.54) is 19.6 Å². The number of nitrogens with two attached hydrogens (primary N) is 1. The fourth-order valence-electron chi connectivity index (χ4n) is 3.53. The van der Waals surface area contributed by atoms with Crippen molar-refractivity contribution in [3.05, 3.63) is 43.0 Å². The molecule has 4 rings (SSSR count). The minimum atomic E-state index is -4.14. The second-order valence-corrected chi connectivity index (χ2v) is 9.57. The number of hydrogen-bond donors (Lipinski definition) is 3. The van der Waals surface area contributed by atoms with E-state index in [1.807, 2.05) is 0 Å². The molecule has 0 saturated carbocycles. The van der Waals surface area contributed by atoms with E-state index in [2.05, 4.69) is 26.0 Å². The molecule has 4 N–H and O–H groups in total. The summed E-state index contributed by atoms with van der Waals surface area (Å²) in [5.74, 6) is 1.91. The van der Waals surface area contributed by atoms with Crippen molar-refractivity contribution in [2.75, 3.05) is 18.9 Å². The van der Waals surface area contributed by atoms with Gasteiger partial charge in [0.2, 0.25) is 0 Å². The van der Waals surface area contributed by atoms with Crippen LogP contribution in [0.3, 0.4) is 0 Å². The number of aromatic nitrogens is 4. The number of nitrogen functional groups attached to an aromatic ring is 1. The monoisotopic (exact) mass is 516 g/mol.